The molecule has 0 spiro atoms. The number of nitrogens with zero attached hydrogens (tertiary/aromatic N) is 2. The van der Waals surface area contributed by atoms with E-state index < -0.39 is 11.9 Å². The van der Waals surface area contributed by atoms with E-state index in [0.717, 1.165) is 5.56 Å². The number of rotatable bonds is 3. The fraction of sp³-hybridized carbons (Fsp3) is 0.231. The lowest BCUT2D eigenvalue weighted by Crippen LogP contribution is -2.12. The molecule has 4 nitrogen and oxygen atoms in total. The summed E-state index contributed by atoms with van der Waals surface area (Å²) in [6.45, 7) is 1.55. The molecule has 0 saturated heterocycles. The summed E-state index contributed by atoms with van der Waals surface area (Å²) in [7, 11) is 1.55. The molecule has 5 heteroatoms. The summed E-state index contributed by atoms with van der Waals surface area (Å²) in [5, 5.41) is 0. The van der Waals surface area contributed by atoms with Crippen molar-refractivity contribution in [1.29, 1.82) is 0 Å². The molecule has 1 aromatic carbocycles. The van der Waals surface area contributed by atoms with Gasteiger partial charge in [-0.3, -0.25) is 0 Å². The molecule has 2 N–H and O–H groups in total. The Morgan fingerprint density at radius 1 is 1.22 bits per heavy atom. The first-order chi connectivity index (χ1) is 8.63. The number of anilines is 1. The fourth-order valence-corrected chi connectivity index (χ4v) is 1.74. The van der Waals surface area contributed by atoms with Crippen LogP contribution in [0.5, 0.6) is 0 Å². The third kappa shape index (κ3) is 2.31. The van der Waals surface area contributed by atoms with E-state index in [0.29, 0.717) is 5.82 Å². The first kappa shape index (κ1) is 12.4. The minimum absolute atomic E-state index is 0.157. The molecule has 0 aliphatic rings. The quantitative estimate of drug-likeness (QED) is 0.903. The Hall–Kier alpha value is -2.01. The summed E-state index contributed by atoms with van der Waals surface area (Å²) < 4.78 is 18.8. The van der Waals surface area contributed by atoms with Crippen molar-refractivity contribution >= 4 is 5.82 Å². The van der Waals surface area contributed by atoms with Gasteiger partial charge in [-0.15, -0.1) is 0 Å². The van der Waals surface area contributed by atoms with Crippen LogP contribution in [-0.4, -0.2) is 17.1 Å². The maximum atomic E-state index is 13.4. The van der Waals surface area contributed by atoms with Crippen LogP contribution in [0.15, 0.2) is 30.3 Å². The number of hydrogen-bond acceptors (Lipinski definition) is 4. The SMILES string of the molecule is COC(c1ccccc1)c1nc(C)c(F)c(N)n1. The van der Waals surface area contributed by atoms with E-state index in [4.69, 9.17) is 10.5 Å². The van der Waals surface area contributed by atoms with Gasteiger partial charge in [0, 0.05) is 7.11 Å². The Balaban J connectivity index is 2.46. The van der Waals surface area contributed by atoms with Gasteiger partial charge in [-0.05, 0) is 12.5 Å². The van der Waals surface area contributed by atoms with E-state index in [9.17, 15) is 4.39 Å². The van der Waals surface area contributed by atoms with Crippen LogP contribution in [0.25, 0.3) is 0 Å². The van der Waals surface area contributed by atoms with Gasteiger partial charge in [-0.25, -0.2) is 14.4 Å². The third-order valence-corrected chi connectivity index (χ3v) is 2.63. The van der Waals surface area contributed by atoms with Crippen molar-refractivity contribution in [3.8, 4) is 0 Å². The van der Waals surface area contributed by atoms with Gasteiger partial charge < -0.3 is 10.5 Å². The number of nitrogen functional groups attached to an aromatic ring is 1. The largest absolute Gasteiger partial charge is 0.381 e. The summed E-state index contributed by atoms with van der Waals surface area (Å²) in [6, 6.07) is 9.47. The molecule has 0 radical (unpaired) electrons. The van der Waals surface area contributed by atoms with Crippen molar-refractivity contribution in [1.82, 2.24) is 9.97 Å². The molecule has 1 heterocycles. The van der Waals surface area contributed by atoms with E-state index in [2.05, 4.69) is 9.97 Å². The highest BCUT2D eigenvalue weighted by Gasteiger charge is 2.19. The van der Waals surface area contributed by atoms with Gasteiger partial charge >= 0.3 is 0 Å². The Bertz CT molecular complexity index is 522. The molecule has 0 aliphatic carbocycles. The van der Waals surface area contributed by atoms with Crippen LogP contribution in [0.4, 0.5) is 10.2 Å². The van der Waals surface area contributed by atoms with Crippen LogP contribution < -0.4 is 5.73 Å². The maximum absolute atomic E-state index is 13.4. The predicted molar refractivity (Wildman–Crippen MR) is 66.4 cm³/mol. The van der Waals surface area contributed by atoms with Crippen molar-refractivity contribution in [2.45, 2.75) is 13.0 Å². The average Bonchev–Trinajstić information content (AvgIpc) is 2.38. The van der Waals surface area contributed by atoms with Gasteiger partial charge in [0.05, 0.1) is 5.69 Å². The summed E-state index contributed by atoms with van der Waals surface area (Å²) in [5.74, 6) is -0.378. The Labute approximate surface area is 105 Å². The summed E-state index contributed by atoms with van der Waals surface area (Å²) >= 11 is 0. The van der Waals surface area contributed by atoms with E-state index in [1.54, 1.807) is 14.0 Å². The second-order valence-electron chi connectivity index (χ2n) is 3.89. The molecule has 0 amide bonds. The first-order valence-electron chi connectivity index (χ1n) is 5.50. The van der Waals surface area contributed by atoms with Crippen LogP contribution in [-0.2, 0) is 4.74 Å². The number of methoxy groups -OCH3 is 1. The number of benzene rings is 1. The van der Waals surface area contributed by atoms with Gasteiger partial charge in [0.25, 0.3) is 0 Å². The van der Waals surface area contributed by atoms with Gasteiger partial charge in [-0.1, -0.05) is 30.3 Å². The predicted octanol–water partition coefficient (Wildman–Crippen LogP) is 2.24. The topological polar surface area (TPSA) is 61.0 Å². The van der Waals surface area contributed by atoms with Crippen LogP contribution in [0.1, 0.15) is 23.2 Å². The Morgan fingerprint density at radius 2 is 1.89 bits per heavy atom. The molecular weight excluding hydrogens is 233 g/mol. The zero-order chi connectivity index (χ0) is 13.1. The molecule has 94 valence electrons. The molecule has 18 heavy (non-hydrogen) atoms. The molecule has 0 saturated carbocycles. The lowest BCUT2D eigenvalue weighted by molar-refractivity contribution is 0.129. The molecule has 1 unspecified atom stereocenters. The third-order valence-electron chi connectivity index (χ3n) is 2.63. The van der Waals surface area contributed by atoms with Crippen molar-refractivity contribution < 1.29 is 9.13 Å². The van der Waals surface area contributed by atoms with Crippen molar-refractivity contribution in [2.75, 3.05) is 12.8 Å². The molecule has 0 aliphatic heterocycles. The number of hydrogen-bond donors (Lipinski definition) is 1. The monoisotopic (exact) mass is 247 g/mol. The van der Waals surface area contributed by atoms with E-state index in [1.165, 1.54) is 0 Å². The molecular formula is C13H14FN3O. The van der Waals surface area contributed by atoms with Gasteiger partial charge in [-0.2, -0.15) is 0 Å². The first-order valence-corrected chi connectivity index (χ1v) is 5.50. The molecule has 2 aromatic rings. The zero-order valence-electron chi connectivity index (χ0n) is 10.2. The second-order valence-corrected chi connectivity index (χ2v) is 3.89. The minimum Gasteiger partial charge on any atom is -0.381 e. The Kier molecular flexibility index (Phi) is 3.53. The van der Waals surface area contributed by atoms with Gasteiger partial charge in [0.1, 0.15) is 6.10 Å². The van der Waals surface area contributed by atoms with Crippen molar-refractivity contribution in [3.63, 3.8) is 0 Å². The minimum atomic E-state index is -0.582. The number of halogens is 1. The number of aromatic nitrogens is 2. The highest BCUT2D eigenvalue weighted by atomic mass is 19.1. The standard InChI is InChI=1S/C13H14FN3O/c1-8-10(14)12(15)17-13(16-8)11(18-2)9-6-4-3-5-7-9/h3-7,11H,1-2H3,(H2,15,16,17). The highest BCUT2D eigenvalue weighted by molar-refractivity contribution is 5.34. The fourth-order valence-electron chi connectivity index (χ4n) is 1.74. The second kappa shape index (κ2) is 5.10. The summed E-state index contributed by atoms with van der Waals surface area (Å²) in [6.07, 6.45) is -0.451. The van der Waals surface area contributed by atoms with Crippen LogP contribution in [0.2, 0.25) is 0 Å². The summed E-state index contributed by atoms with van der Waals surface area (Å²) in [4.78, 5) is 8.04. The number of ether oxygens (including phenoxy) is 1. The van der Waals surface area contributed by atoms with Gasteiger partial charge in [0.2, 0.25) is 0 Å². The molecule has 2 rings (SSSR count). The average molecular weight is 247 g/mol. The number of aryl methyl sites for hydroxylation is 1. The van der Waals surface area contributed by atoms with Crippen molar-refractivity contribution in [3.05, 3.63) is 53.2 Å². The van der Waals surface area contributed by atoms with Crippen LogP contribution in [0, 0.1) is 12.7 Å². The number of nitrogens with two attached hydrogens (primary N) is 1. The molecule has 0 bridgehead atoms. The maximum Gasteiger partial charge on any atom is 0.186 e. The smallest absolute Gasteiger partial charge is 0.186 e. The molecule has 1 aromatic heterocycles. The van der Waals surface area contributed by atoms with Crippen molar-refractivity contribution in [2.24, 2.45) is 0 Å². The molecule has 0 fully saturated rings. The lowest BCUT2D eigenvalue weighted by atomic mass is 10.1. The van der Waals surface area contributed by atoms with Crippen LogP contribution in [0.3, 0.4) is 0 Å². The highest BCUT2D eigenvalue weighted by Crippen LogP contribution is 2.24. The zero-order valence-corrected chi connectivity index (χ0v) is 10.2. The van der Waals surface area contributed by atoms with E-state index >= 15 is 0 Å². The molecule has 1 atom stereocenters. The summed E-state index contributed by atoms with van der Waals surface area (Å²) in [5.41, 5.74) is 6.62. The van der Waals surface area contributed by atoms with Gasteiger partial charge in [0.15, 0.2) is 17.5 Å². The normalized spacial score (nSPS) is 12.4. The van der Waals surface area contributed by atoms with Crippen LogP contribution >= 0.6 is 0 Å². The Morgan fingerprint density at radius 3 is 2.44 bits per heavy atom. The lowest BCUT2D eigenvalue weighted by Gasteiger charge is -2.15. The van der Waals surface area contributed by atoms with E-state index in [1.807, 2.05) is 30.3 Å². The van der Waals surface area contributed by atoms with E-state index in [-0.39, 0.29) is 11.5 Å².